The second-order valence-electron chi connectivity index (χ2n) is 6.36. The molecule has 0 heterocycles. The second-order valence-corrected chi connectivity index (χ2v) is 6.36. The van der Waals surface area contributed by atoms with Crippen LogP contribution in [0.25, 0.3) is 0 Å². The fourth-order valence-electron chi connectivity index (χ4n) is 2.99. The Balaban J connectivity index is 2.06. The van der Waals surface area contributed by atoms with E-state index in [1.807, 2.05) is 6.92 Å². The molecular formula is C16H29NO4. The maximum absolute atomic E-state index is 11.6. The van der Waals surface area contributed by atoms with E-state index in [2.05, 4.69) is 0 Å². The van der Waals surface area contributed by atoms with Crippen LogP contribution in [0.3, 0.4) is 0 Å². The van der Waals surface area contributed by atoms with E-state index in [1.54, 1.807) is 0 Å². The average molecular weight is 299 g/mol. The van der Waals surface area contributed by atoms with Gasteiger partial charge >= 0.3 is 11.9 Å². The molecule has 1 fully saturated rings. The van der Waals surface area contributed by atoms with Gasteiger partial charge in [-0.25, -0.2) is 0 Å². The Morgan fingerprint density at radius 3 is 2.57 bits per heavy atom. The van der Waals surface area contributed by atoms with E-state index < -0.39 is 12.0 Å². The maximum Gasteiger partial charge on any atom is 0.320 e. The van der Waals surface area contributed by atoms with Crippen molar-refractivity contribution in [3.05, 3.63) is 0 Å². The number of hydrogen-bond donors (Lipinski definition) is 2. The lowest BCUT2D eigenvalue weighted by Gasteiger charge is -2.21. The molecule has 0 amide bonds. The number of carboxylic acids is 1. The number of nitrogens with two attached hydrogens (primary N) is 1. The summed E-state index contributed by atoms with van der Waals surface area (Å²) in [6, 6.07) is -0.904. The van der Waals surface area contributed by atoms with Crippen molar-refractivity contribution in [1.82, 2.24) is 0 Å². The van der Waals surface area contributed by atoms with Gasteiger partial charge < -0.3 is 15.6 Å². The first-order valence-electron chi connectivity index (χ1n) is 8.13. The summed E-state index contributed by atoms with van der Waals surface area (Å²) in [6.45, 7) is 2.30. The van der Waals surface area contributed by atoms with Gasteiger partial charge in [0.1, 0.15) is 6.04 Å². The molecule has 0 aromatic rings. The summed E-state index contributed by atoms with van der Waals surface area (Å²) in [4.78, 5) is 22.3. The van der Waals surface area contributed by atoms with Crippen molar-refractivity contribution in [1.29, 1.82) is 0 Å². The van der Waals surface area contributed by atoms with E-state index in [-0.39, 0.29) is 18.3 Å². The molecule has 1 rings (SSSR count). The Labute approximate surface area is 127 Å². The monoisotopic (exact) mass is 299 g/mol. The van der Waals surface area contributed by atoms with Crippen LogP contribution in [0.15, 0.2) is 0 Å². The third-order valence-corrected chi connectivity index (χ3v) is 4.23. The molecule has 21 heavy (non-hydrogen) atoms. The highest BCUT2D eigenvalue weighted by molar-refractivity contribution is 5.73. The lowest BCUT2D eigenvalue weighted by molar-refractivity contribution is -0.145. The largest absolute Gasteiger partial charge is 0.480 e. The van der Waals surface area contributed by atoms with Crippen LogP contribution in [0.1, 0.15) is 64.7 Å². The molecule has 3 N–H and O–H groups in total. The topological polar surface area (TPSA) is 89.6 Å². The number of hydrogen-bond acceptors (Lipinski definition) is 4. The lowest BCUT2D eigenvalue weighted by atomic mass is 9.86. The molecule has 1 aliphatic carbocycles. The van der Waals surface area contributed by atoms with Crippen LogP contribution in [0.5, 0.6) is 0 Å². The zero-order chi connectivity index (χ0) is 15.7. The van der Waals surface area contributed by atoms with Crippen molar-refractivity contribution in [3.8, 4) is 0 Å². The fourth-order valence-corrected chi connectivity index (χ4v) is 2.99. The van der Waals surface area contributed by atoms with E-state index in [1.165, 1.54) is 32.1 Å². The number of carboxylic acid groups (broad SMARTS) is 1. The first-order chi connectivity index (χ1) is 9.99. The summed E-state index contributed by atoms with van der Waals surface area (Å²) in [5, 5.41) is 8.72. The number of carbonyl (C=O) groups is 2. The molecule has 0 saturated heterocycles. The van der Waals surface area contributed by atoms with Crippen LogP contribution in [0, 0.1) is 11.8 Å². The van der Waals surface area contributed by atoms with Crippen molar-refractivity contribution >= 4 is 11.9 Å². The van der Waals surface area contributed by atoms with Gasteiger partial charge in [0.2, 0.25) is 0 Å². The molecular weight excluding hydrogens is 270 g/mol. The molecule has 0 bridgehead atoms. The van der Waals surface area contributed by atoms with Gasteiger partial charge in [-0.15, -0.1) is 0 Å². The van der Waals surface area contributed by atoms with Gasteiger partial charge in [0.15, 0.2) is 0 Å². The normalized spacial score (nSPS) is 19.0. The Hall–Kier alpha value is -1.10. The van der Waals surface area contributed by atoms with Crippen LogP contribution < -0.4 is 5.73 Å². The molecule has 0 aliphatic heterocycles. The third-order valence-electron chi connectivity index (χ3n) is 4.23. The van der Waals surface area contributed by atoms with Gasteiger partial charge in [0, 0.05) is 6.42 Å². The van der Waals surface area contributed by atoms with Crippen LogP contribution in [0.2, 0.25) is 0 Å². The van der Waals surface area contributed by atoms with Gasteiger partial charge in [-0.3, -0.25) is 9.59 Å². The Kier molecular flexibility index (Phi) is 8.35. The second kappa shape index (κ2) is 9.77. The molecule has 2 atom stereocenters. The van der Waals surface area contributed by atoms with Gasteiger partial charge in [-0.1, -0.05) is 39.0 Å². The minimum atomic E-state index is -1.03. The minimum Gasteiger partial charge on any atom is -0.480 e. The highest BCUT2D eigenvalue weighted by Crippen LogP contribution is 2.27. The molecule has 122 valence electrons. The number of rotatable bonds is 9. The Morgan fingerprint density at radius 2 is 1.95 bits per heavy atom. The zero-order valence-electron chi connectivity index (χ0n) is 13.1. The highest BCUT2D eigenvalue weighted by atomic mass is 16.5. The third kappa shape index (κ3) is 8.05. The summed E-state index contributed by atoms with van der Waals surface area (Å²) in [5.74, 6) is -0.529. The quantitative estimate of drug-likeness (QED) is 0.504. The molecule has 1 unspecified atom stereocenters. The van der Waals surface area contributed by atoms with Crippen molar-refractivity contribution in [2.24, 2.45) is 17.6 Å². The van der Waals surface area contributed by atoms with Crippen molar-refractivity contribution in [3.63, 3.8) is 0 Å². The number of esters is 1. The van der Waals surface area contributed by atoms with Crippen LogP contribution in [-0.4, -0.2) is 29.7 Å². The summed E-state index contributed by atoms with van der Waals surface area (Å²) in [5.41, 5.74) is 5.45. The molecule has 0 aromatic carbocycles. The van der Waals surface area contributed by atoms with E-state index in [0.29, 0.717) is 13.0 Å². The highest BCUT2D eigenvalue weighted by Gasteiger charge is 2.18. The smallest absolute Gasteiger partial charge is 0.320 e. The maximum atomic E-state index is 11.6. The SMILES string of the molecule is CC(CC(=O)OCCCC1CCCCC1)C[C@H](N)C(=O)O. The summed E-state index contributed by atoms with van der Waals surface area (Å²) in [6.07, 6.45) is 9.29. The number of ether oxygens (including phenoxy) is 1. The Bertz CT molecular complexity index is 326. The lowest BCUT2D eigenvalue weighted by Crippen LogP contribution is -2.32. The molecule has 1 saturated carbocycles. The molecule has 0 spiro atoms. The first-order valence-corrected chi connectivity index (χ1v) is 8.13. The summed E-state index contributed by atoms with van der Waals surface area (Å²) >= 11 is 0. The predicted octanol–water partition coefficient (Wildman–Crippen LogP) is 2.72. The van der Waals surface area contributed by atoms with Crippen LogP contribution in [0.4, 0.5) is 0 Å². The van der Waals surface area contributed by atoms with E-state index in [4.69, 9.17) is 15.6 Å². The van der Waals surface area contributed by atoms with Gasteiger partial charge in [-0.05, 0) is 31.1 Å². The minimum absolute atomic E-state index is 0.0676. The van der Waals surface area contributed by atoms with Gasteiger partial charge in [-0.2, -0.15) is 0 Å². The van der Waals surface area contributed by atoms with E-state index in [9.17, 15) is 9.59 Å². The van der Waals surface area contributed by atoms with E-state index in [0.717, 1.165) is 18.8 Å². The Morgan fingerprint density at radius 1 is 1.29 bits per heavy atom. The number of aliphatic carboxylic acids is 1. The molecule has 5 nitrogen and oxygen atoms in total. The number of carbonyl (C=O) groups excluding carboxylic acids is 1. The first kappa shape index (κ1) is 18.0. The van der Waals surface area contributed by atoms with Crippen molar-refractivity contribution in [2.75, 3.05) is 6.61 Å². The summed E-state index contributed by atoms with van der Waals surface area (Å²) in [7, 11) is 0. The molecule has 0 aromatic heterocycles. The van der Waals surface area contributed by atoms with Crippen molar-refractivity contribution in [2.45, 2.75) is 70.8 Å². The van der Waals surface area contributed by atoms with Gasteiger partial charge in [0.25, 0.3) is 0 Å². The van der Waals surface area contributed by atoms with Crippen molar-refractivity contribution < 1.29 is 19.4 Å². The van der Waals surface area contributed by atoms with Crippen LogP contribution in [-0.2, 0) is 14.3 Å². The molecule has 1 aliphatic rings. The predicted molar refractivity (Wildman–Crippen MR) is 80.8 cm³/mol. The molecule has 5 heteroatoms. The van der Waals surface area contributed by atoms with Gasteiger partial charge in [0.05, 0.1) is 6.61 Å². The average Bonchev–Trinajstić information content (AvgIpc) is 2.44. The zero-order valence-corrected chi connectivity index (χ0v) is 13.1. The molecule has 0 radical (unpaired) electrons. The summed E-state index contributed by atoms with van der Waals surface area (Å²) < 4.78 is 5.22. The van der Waals surface area contributed by atoms with Crippen LogP contribution >= 0.6 is 0 Å². The van der Waals surface area contributed by atoms with E-state index >= 15 is 0 Å². The fraction of sp³-hybridized carbons (Fsp3) is 0.875. The standard InChI is InChI=1S/C16H29NO4/c1-12(10-14(17)16(19)20)11-15(18)21-9-5-8-13-6-3-2-4-7-13/h12-14H,2-11,17H2,1H3,(H,19,20)/t12?,14-/m0/s1.